The molecule has 2 aliphatic carbocycles. The van der Waals surface area contributed by atoms with Crippen molar-refractivity contribution in [3.8, 4) is 0 Å². The highest BCUT2D eigenvalue weighted by Gasteiger charge is 2.64. The Morgan fingerprint density at radius 2 is 1.00 bits per heavy atom. The van der Waals surface area contributed by atoms with Gasteiger partial charge in [-0.25, -0.2) is 0 Å². The molecule has 3 aliphatic rings. The molecule has 31 heavy (non-hydrogen) atoms. The summed E-state index contributed by atoms with van der Waals surface area (Å²) in [5, 5.41) is 0. The molecule has 0 unspecified atom stereocenters. The molecule has 2 spiro atoms. The van der Waals surface area contributed by atoms with Gasteiger partial charge in [0.15, 0.2) is 0 Å². The number of piperidine rings is 1. The smallest absolute Gasteiger partial charge is 0.148 e. The number of Topliss-reactive ketones (excluding diaryl/α,β-unsaturated/α-hetero) is 4. The second kappa shape index (κ2) is 6.85. The van der Waals surface area contributed by atoms with Crippen molar-refractivity contribution >= 4 is 28.8 Å². The molecular weight excluding hydrogens is 390 g/mol. The van der Waals surface area contributed by atoms with Gasteiger partial charge >= 0.3 is 0 Å². The maximum absolute atomic E-state index is 13.5. The third kappa shape index (κ3) is 3.56. The molecule has 0 amide bonds. The summed E-state index contributed by atoms with van der Waals surface area (Å²) in [6.07, 6.45) is 1.23. The standard InChI is InChI=1S/C26H33NO4/c1-17-6-8-18(9-7-17)27-15-25(19(28)10-23(2,3)11-20(25)29)14-26(16-27)21(30)12-24(4,5)13-22(26)31/h6-9H,10-16H2,1-5H3. The van der Waals surface area contributed by atoms with Crippen molar-refractivity contribution < 1.29 is 19.2 Å². The number of carbonyl (C=O) groups is 4. The molecule has 1 aliphatic heterocycles. The zero-order chi connectivity index (χ0) is 22.8. The average Bonchev–Trinajstić information content (AvgIpc) is 2.64. The second-order valence-electron chi connectivity index (χ2n) is 11.8. The largest absolute Gasteiger partial charge is 0.369 e. The lowest BCUT2D eigenvalue weighted by atomic mass is 9.51. The number of ketones is 4. The number of benzene rings is 1. The van der Waals surface area contributed by atoms with Crippen LogP contribution < -0.4 is 4.90 Å². The Morgan fingerprint density at radius 3 is 1.35 bits per heavy atom. The fourth-order valence-electron chi connectivity index (χ4n) is 5.87. The Kier molecular flexibility index (Phi) is 4.84. The van der Waals surface area contributed by atoms with Crippen LogP contribution in [0.1, 0.15) is 65.4 Å². The average molecular weight is 424 g/mol. The van der Waals surface area contributed by atoms with Gasteiger partial charge in [0.05, 0.1) is 0 Å². The normalized spacial score (nSPS) is 26.5. The van der Waals surface area contributed by atoms with Gasteiger partial charge in [-0.1, -0.05) is 45.4 Å². The molecule has 1 aromatic rings. The molecule has 1 heterocycles. The van der Waals surface area contributed by atoms with E-state index in [1.807, 2.05) is 63.8 Å². The van der Waals surface area contributed by atoms with E-state index in [2.05, 4.69) is 0 Å². The molecule has 0 N–H and O–H groups in total. The summed E-state index contributed by atoms with van der Waals surface area (Å²) in [7, 11) is 0. The van der Waals surface area contributed by atoms with Gasteiger partial charge in [-0.2, -0.15) is 0 Å². The summed E-state index contributed by atoms with van der Waals surface area (Å²) in [5.41, 5.74) is -1.40. The van der Waals surface area contributed by atoms with Gasteiger partial charge in [0, 0.05) is 44.5 Å². The van der Waals surface area contributed by atoms with Gasteiger partial charge in [0.2, 0.25) is 0 Å². The summed E-state index contributed by atoms with van der Waals surface area (Å²) in [5.74, 6) is -0.462. The van der Waals surface area contributed by atoms with E-state index in [9.17, 15) is 19.2 Å². The van der Waals surface area contributed by atoms with Crippen molar-refractivity contribution in [2.45, 2.75) is 66.7 Å². The zero-order valence-corrected chi connectivity index (χ0v) is 19.3. The molecule has 0 atom stereocenters. The van der Waals surface area contributed by atoms with E-state index in [4.69, 9.17) is 0 Å². The van der Waals surface area contributed by atoms with Gasteiger partial charge < -0.3 is 4.90 Å². The van der Waals surface area contributed by atoms with Crippen LogP contribution in [0.3, 0.4) is 0 Å². The SMILES string of the molecule is Cc1ccc(N2CC3(CC4(C2)C(=O)CC(C)(C)CC4=O)C(=O)CC(C)(C)CC3=O)cc1. The second-order valence-corrected chi connectivity index (χ2v) is 11.8. The van der Waals surface area contributed by atoms with Crippen LogP contribution in [0.5, 0.6) is 0 Å². The molecule has 0 radical (unpaired) electrons. The Bertz CT molecular complexity index is 874. The molecule has 1 saturated heterocycles. The minimum atomic E-state index is -1.29. The Morgan fingerprint density at radius 1 is 0.645 bits per heavy atom. The summed E-state index contributed by atoms with van der Waals surface area (Å²) in [4.78, 5) is 56.0. The van der Waals surface area contributed by atoms with Crippen LogP contribution in [0.4, 0.5) is 5.69 Å². The summed E-state index contributed by atoms with van der Waals surface area (Å²) in [6.45, 7) is 10.2. The number of anilines is 1. The molecule has 0 aromatic heterocycles. The highest BCUT2D eigenvalue weighted by Crippen LogP contribution is 2.54. The fourth-order valence-corrected chi connectivity index (χ4v) is 5.87. The molecule has 4 rings (SSSR count). The monoisotopic (exact) mass is 423 g/mol. The van der Waals surface area contributed by atoms with Crippen molar-refractivity contribution in [1.29, 1.82) is 0 Å². The Labute approximate surface area is 184 Å². The molecular formula is C26H33NO4. The van der Waals surface area contributed by atoms with Crippen LogP contribution in [0, 0.1) is 28.6 Å². The van der Waals surface area contributed by atoms with Gasteiger partial charge in [-0.3, -0.25) is 19.2 Å². The first-order valence-electron chi connectivity index (χ1n) is 11.2. The molecule has 166 valence electrons. The van der Waals surface area contributed by atoms with E-state index in [1.165, 1.54) is 0 Å². The molecule has 5 nitrogen and oxygen atoms in total. The highest BCUT2D eigenvalue weighted by atomic mass is 16.2. The molecule has 3 fully saturated rings. The number of hydrogen-bond acceptors (Lipinski definition) is 5. The van der Waals surface area contributed by atoms with Crippen molar-refractivity contribution in [3.63, 3.8) is 0 Å². The quantitative estimate of drug-likeness (QED) is 0.636. The minimum absolute atomic E-state index is 0.0455. The van der Waals surface area contributed by atoms with E-state index in [0.717, 1.165) is 11.3 Å². The van der Waals surface area contributed by atoms with Crippen LogP contribution in [-0.2, 0) is 19.2 Å². The topological polar surface area (TPSA) is 71.5 Å². The third-order valence-electron chi connectivity index (χ3n) is 7.62. The van der Waals surface area contributed by atoms with Gasteiger partial charge in [0.1, 0.15) is 34.0 Å². The lowest BCUT2D eigenvalue weighted by Gasteiger charge is -2.54. The van der Waals surface area contributed by atoms with Gasteiger partial charge in [-0.05, 0) is 36.3 Å². The van der Waals surface area contributed by atoms with E-state index in [0.29, 0.717) is 25.7 Å². The number of hydrogen-bond donors (Lipinski definition) is 0. The minimum Gasteiger partial charge on any atom is -0.369 e. The summed E-state index contributed by atoms with van der Waals surface area (Å²) < 4.78 is 0. The maximum Gasteiger partial charge on any atom is 0.148 e. The lowest BCUT2D eigenvalue weighted by molar-refractivity contribution is -0.159. The Balaban J connectivity index is 1.83. The summed E-state index contributed by atoms with van der Waals surface area (Å²) in [6, 6.07) is 7.85. The predicted molar refractivity (Wildman–Crippen MR) is 119 cm³/mol. The number of carbonyl (C=O) groups excluding carboxylic acids is 4. The van der Waals surface area contributed by atoms with E-state index < -0.39 is 10.8 Å². The van der Waals surface area contributed by atoms with Crippen molar-refractivity contribution in [2.75, 3.05) is 18.0 Å². The number of nitrogens with zero attached hydrogens (tertiary/aromatic N) is 1. The van der Waals surface area contributed by atoms with E-state index >= 15 is 0 Å². The lowest BCUT2D eigenvalue weighted by Crippen LogP contribution is -2.66. The van der Waals surface area contributed by atoms with Crippen LogP contribution in [0.25, 0.3) is 0 Å². The highest BCUT2D eigenvalue weighted by molar-refractivity contribution is 6.15. The first kappa shape index (κ1) is 21.9. The first-order chi connectivity index (χ1) is 14.3. The molecule has 0 bridgehead atoms. The zero-order valence-electron chi connectivity index (χ0n) is 19.3. The number of rotatable bonds is 1. The van der Waals surface area contributed by atoms with Crippen molar-refractivity contribution in [2.24, 2.45) is 21.7 Å². The molecule has 5 heteroatoms. The predicted octanol–water partition coefficient (Wildman–Crippen LogP) is 4.09. The summed E-state index contributed by atoms with van der Waals surface area (Å²) >= 11 is 0. The van der Waals surface area contributed by atoms with Crippen LogP contribution in [-0.4, -0.2) is 36.2 Å². The van der Waals surface area contributed by atoms with Crippen LogP contribution in [0.2, 0.25) is 0 Å². The van der Waals surface area contributed by atoms with Gasteiger partial charge in [0.25, 0.3) is 0 Å². The molecule has 2 saturated carbocycles. The molecule has 1 aromatic carbocycles. The first-order valence-corrected chi connectivity index (χ1v) is 11.2. The van der Waals surface area contributed by atoms with Crippen LogP contribution in [0.15, 0.2) is 24.3 Å². The van der Waals surface area contributed by atoms with E-state index in [1.54, 1.807) is 0 Å². The Hall–Kier alpha value is -2.30. The van der Waals surface area contributed by atoms with Crippen molar-refractivity contribution in [3.05, 3.63) is 29.8 Å². The third-order valence-corrected chi connectivity index (χ3v) is 7.62. The van der Waals surface area contributed by atoms with Crippen LogP contribution >= 0.6 is 0 Å². The van der Waals surface area contributed by atoms with Gasteiger partial charge in [-0.15, -0.1) is 0 Å². The fraction of sp³-hybridized carbons (Fsp3) is 0.615. The number of aryl methyl sites for hydroxylation is 1. The van der Waals surface area contributed by atoms with Crippen molar-refractivity contribution in [1.82, 2.24) is 0 Å². The maximum atomic E-state index is 13.5. The van der Waals surface area contributed by atoms with E-state index in [-0.39, 0.29) is 53.5 Å².